The van der Waals surface area contributed by atoms with Gasteiger partial charge in [0.2, 0.25) is 5.91 Å². The van der Waals surface area contributed by atoms with Gasteiger partial charge in [-0.3, -0.25) is 9.59 Å². The highest BCUT2D eigenvalue weighted by Gasteiger charge is 2.29. The summed E-state index contributed by atoms with van der Waals surface area (Å²) in [5, 5.41) is 7.92. The minimum Gasteiger partial charge on any atom is -0.484 e. The van der Waals surface area contributed by atoms with Gasteiger partial charge in [-0.1, -0.05) is 19.9 Å². The SMILES string of the molecule is COC(=O)c1c(CC(C)C)csc1NC(=O)COc1cccc(NC(=O)C2CC2)c1. The van der Waals surface area contributed by atoms with Crippen LogP contribution in [0, 0.1) is 11.8 Å². The first-order valence-corrected chi connectivity index (χ1v) is 10.8. The molecule has 1 aromatic carbocycles. The minimum atomic E-state index is -0.470. The third-order valence-electron chi connectivity index (χ3n) is 4.56. The highest BCUT2D eigenvalue weighted by molar-refractivity contribution is 7.15. The van der Waals surface area contributed by atoms with Crippen LogP contribution in [0.15, 0.2) is 29.6 Å². The van der Waals surface area contributed by atoms with E-state index in [9.17, 15) is 14.4 Å². The van der Waals surface area contributed by atoms with Crippen LogP contribution in [-0.2, 0) is 20.7 Å². The highest BCUT2D eigenvalue weighted by atomic mass is 32.1. The van der Waals surface area contributed by atoms with Crippen LogP contribution < -0.4 is 15.4 Å². The van der Waals surface area contributed by atoms with Crippen molar-refractivity contribution in [3.8, 4) is 5.75 Å². The number of carbonyl (C=O) groups excluding carboxylic acids is 3. The Morgan fingerprint density at radius 1 is 1.20 bits per heavy atom. The first kappa shape index (κ1) is 21.8. The van der Waals surface area contributed by atoms with Gasteiger partial charge in [0.25, 0.3) is 5.91 Å². The summed E-state index contributed by atoms with van der Waals surface area (Å²) < 4.78 is 10.4. The van der Waals surface area contributed by atoms with E-state index in [0.717, 1.165) is 18.4 Å². The predicted molar refractivity (Wildman–Crippen MR) is 116 cm³/mol. The van der Waals surface area contributed by atoms with Crippen molar-refractivity contribution in [1.29, 1.82) is 0 Å². The molecule has 160 valence electrons. The van der Waals surface area contributed by atoms with Crippen molar-refractivity contribution in [2.24, 2.45) is 11.8 Å². The van der Waals surface area contributed by atoms with Crippen LogP contribution >= 0.6 is 11.3 Å². The third kappa shape index (κ3) is 5.82. The van der Waals surface area contributed by atoms with E-state index >= 15 is 0 Å². The van der Waals surface area contributed by atoms with Crippen LogP contribution in [0.5, 0.6) is 5.75 Å². The molecule has 0 unspecified atom stereocenters. The number of hydrogen-bond donors (Lipinski definition) is 2. The van der Waals surface area contributed by atoms with Gasteiger partial charge in [-0.15, -0.1) is 11.3 Å². The van der Waals surface area contributed by atoms with Gasteiger partial charge in [-0.05, 0) is 48.3 Å². The molecule has 0 aliphatic heterocycles. The zero-order valence-corrected chi connectivity index (χ0v) is 18.1. The Kier molecular flexibility index (Phi) is 7.10. The smallest absolute Gasteiger partial charge is 0.341 e. The van der Waals surface area contributed by atoms with Gasteiger partial charge in [0.15, 0.2) is 6.61 Å². The molecule has 2 aromatic rings. The van der Waals surface area contributed by atoms with E-state index in [-0.39, 0.29) is 24.3 Å². The third-order valence-corrected chi connectivity index (χ3v) is 5.50. The van der Waals surface area contributed by atoms with E-state index in [4.69, 9.17) is 9.47 Å². The lowest BCUT2D eigenvalue weighted by atomic mass is 10.0. The molecule has 0 radical (unpaired) electrons. The molecule has 30 heavy (non-hydrogen) atoms. The van der Waals surface area contributed by atoms with Crippen molar-refractivity contribution >= 4 is 39.8 Å². The van der Waals surface area contributed by atoms with Gasteiger partial charge < -0.3 is 20.1 Å². The molecule has 1 aromatic heterocycles. The van der Waals surface area contributed by atoms with Gasteiger partial charge >= 0.3 is 5.97 Å². The molecular weight excluding hydrogens is 404 g/mol. The maximum absolute atomic E-state index is 12.4. The molecule has 8 heteroatoms. The van der Waals surface area contributed by atoms with Crippen LogP contribution in [-0.4, -0.2) is 31.5 Å². The van der Waals surface area contributed by atoms with E-state index < -0.39 is 5.97 Å². The first-order chi connectivity index (χ1) is 14.4. The second-order valence-electron chi connectivity index (χ2n) is 7.68. The molecule has 0 spiro atoms. The fourth-order valence-corrected chi connectivity index (χ4v) is 3.95. The van der Waals surface area contributed by atoms with E-state index in [0.29, 0.717) is 34.3 Å². The second-order valence-corrected chi connectivity index (χ2v) is 8.56. The number of hydrogen-bond acceptors (Lipinski definition) is 6. The van der Waals surface area contributed by atoms with Crippen molar-refractivity contribution in [3.63, 3.8) is 0 Å². The Bertz CT molecular complexity index is 933. The normalized spacial score (nSPS) is 13.1. The number of esters is 1. The van der Waals surface area contributed by atoms with Gasteiger partial charge in [-0.25, -0.2) is 4.79 Å². The number of anilines is 2. The molecule has 2 amide bonds. The summed E-state index contributed by atoms with van der Waals surface area (Å²) in [5.41, 5.74) is 1.89. The first-order valence-electron chi connectivity index (χ1n) is 9.89. The summed E-state index contributed by atoms with van der Waals surface area (Å²) in [4.78, 5) is 36.5. The Morgan fingerprint density at radius 3 is 2.63 bits per heavy atom. The molecule has 1 aliphatic carbocycles. The summed E-state index contributed by atoms with van der Waals surface area (Å²) >= 11 is 1.29. The lowest BCUT2D eigenvalue weighted by molar-refractivity contribution is -0.118. The molecule has 7 nitrogen and oxygen atoms in total. The zero-order chi connectivity index (χ0) is 21.7. The number of ether oxygens (including phenoxy) is 2. The lowest BCUT2D eigenvalue weighted by Gasteiger charge is -2.10. The average molecular weight is 431 g/mol. The quantitative estimate of drug-likeness (QED) is 0.584. The van der Waals surface area contributed by atoms with Crippen molar-refractivity contribution in [1.82, 2.24) is 0 Å². The summed E-state index contributed by atoms with van der Waals surface area (Å²) in [6, 6.07) is 6.92. The van der Waals surface area contributed by atoms with E-state index in [1.807, 2.05) is 5.38 Å². The summed E-state index contributed by atoms with van der Waals surface area (Å²) in [5.74, 6) is 0.0970. The number of benzene rings is 1. The number of rotatable bonds is 9. The topological polar surface area (TPSA) is 93.7 Å². The monoisotopic (exact) mass is 430 g/mol. The lowest BCUT2D eigenvalue weighted by Crippen LogP contribution is -2.21. The molecule has 1 heterocycles. The van der Waals surface area contributed by atoms with E-state index in [1.165, 1.54) is 18.4 Å². The fourth-order valence-electron chi connectivity index (χ4n) is 2.97. The maximum atomic E-state index is 12.4. The molecule has 0 atom stereocenters. The Morgan fingerprint density at radius 2 is 1.97 bits per heavy atom. The average Bonchev–Trinajstić information content (AvgIpc) is 3.49. The Hall–Kier alpha value is -2.87. The largest absolute Gasteiger partial charge is 0.484 e. The van der Waals surface area contributed by atoms with E-state index in [1.54, 1.807) is 24.3 Å². The number of nitrogens with one attached hydrogen (secondary N) is 2. The molecule has 0 saturated heterocycles. The Balaban J connectivity index is 1.60. The van der Waals surface area contributed by atoms with Crippen molar-refractivity contribution in [2.75, 3.05) is 24.4 Å². The van der Waals surface area contributed by atoms with Crippen LogP contribution in [0.1, 0.15) is 42.6 Å². The minimum absolute atomic E-state index is 0.00938. The summed E-state index contributed by atoms with van der Waals surface area (Å²) in [6.45, 7) is 3.90. The van der Waals surface area contributed by atoms with Crippen LogP contribution in [0.25, 0.3) is 0 Å². The van der Waals surface area contributed by atoms with Crippen LogP contribution in [0.2, 0.25) is 0 Å². The number of thiophene rings is 1. The van der Waals surface area contributed by atoms with Gasteiger partial charge in [-0.2, -0.15) is 0 Å². The standard InChI is InChI=1S/C22H26N2O5S/c1-13(2)9-15-12-30-21(19(15)22(27)28-3)24-18(25)11-29-17-6-4-5-16(10-17)23-20(26)14-7-8-14/h4-6,10,12-14H,7-9,11H2,1-3H3,(H,23,26)(H,24,25). The number of methoxy groups -OCH3 is 1. The molecule has 2 N–H and O–H groups in total. The van der Waals surface area contributed by atoms with Crippen LogP contribution in [0.4, 0.5) is 10.7 Å². The van der Waals surface area contributed by atoms with Crippen molar-refractivity contribution < 1.29 is 23.9 Å². The van der Waals surface area contributed by atoms with Gasteiger partial charge in [0.1, 0.15) is 10.8 Å². The highest BCUT2D eigenvalue weighted by Crippen LogP contribution is 2.31. The molecule has 3 rings (SSSR count). The summed E-state index contributed by atoms with van der Waals surface area (Å²) in [6.07, 6.45) is 2.57. The molecule has 1 aliphatic rings. The maximum Gasteiger partial charge on any atom is 0.341 e. The molecular formula is C22H26N2O5S. The second kappa shape index (κ2) is 9.75. The zero-order valence-electron chi connectivity index (χ0n) is 17.3. The van der Waals surface area contributed by atoms with Gasteiger partial charge in [0, 0.05) is 17.7 Å². The Labute approximate surface area is 179 Å². The van der Waals surface area contributed by atoms with E-state index in [2.05, 4.69) is 24.5 Å². The van der Waals surface area contributed by atoms with Crippen molar-refractivity contribution in [3.05, 3.63) is 40.8 Å². The molecule has 0 bridgehead atoms. The van der Waals surface area contributed by atoms with Crippen molar-refractivity contribution in [2.45, 2.75) is 33.1 Å². The fraction of sp³-hybridized carbons (Fsp3) is 0.409. The molecule has 1 saturated carbocycles. The van der Waals surface area contributed by atoms with Crippen LogP contribution in [0.3, 0.4) is 0 Å². The summed E-state index contributed by atoms with van der Waals surface area (Å²) in [7, 11) is 1.32. The number of amides is 2. The predicted octanol–water partition coefficient (Wildman–Crippen LogP) is 4.10. The molecule has 1 fully saturated rings. The number of carbonyl (C=O) groups is 3. The van der Waals surface area contributed by atoms with Gasteiger partial charge in [0.05, 0.1) is 12.7 Å².